The number of nitrogens with one attached hydrogen (secondary N) is 2. The van der Waals surface area contributed by atoms with Gasteiger partial charge in [0.15, 0.2) is 5.96 Å². The molecule has 0 fully saturated rings. The second-order valence-electron chi connectivity index (χ2n) is 5.77. The van der Waals surface area contributed by atoms with Gasteiger partial charge >= 0.3 is 0 Å². The number of guanidine groups is 1. The Balaban J connectivity index is 0.00000576. The fourth-order valence-electron chi connectivity index (χ4n) is 2.36. The molecule has 0 radical (unpaired) electrons. The summed E-state index contributed by atoms with van der Waals surface area (Å²) in [6, 6.07) is 8.00. The van der Waals surface area contributed by atoms with Gasteiger partial charge in [-0.25, -0.2) is 0 Å². The fourth-order valence-corrected chi connectivity index (χ4v) is 2.59. The van der Waals surface area contributed by atoms with E-state index in [0.717, 1.165) is 63.0 Å². The summed E-state index contributed by atoms with van der Waals surface area (Å²) >= 11 is 6.17. The lowest BCUT2D eigenvalue weighted by Crippen LogP contribution is -2.41. The first-order valence-corrected chi connectivity index (χ1v) is 8.90. The summed E-state index contributed by atoms with van der Waals surface area (Å²) in [5.74, 6) is 0.847. The van der Waals surface area contributed by atoms with Gasteiger partial charge in [0.2, 0.25) is 0 Å². The lowest BCUT2D eigenvalue weighted by atomic mass is 10.1. The Morgan fingerprint density at radius 1 is 1.16 bits per heavy atom. The minimum Gasteiger partial charge on any atom is -0.385 e. The molecule has 7 heteroatoms. The van der Waals surface area contributed by atoms with Gasteiger partial charge in [0.05, 0.1) is 0 Å². The summed E-state index contributed by atoms with van der Waals surface area (Å²) in [5.41, 5.74) is 1.20. The number of rotatable bonds is 11. The first kappa shape index (κ1) is 24.4. The molecule has 0 aromatic heterocycles. The second-order valence-corrected chi connectivity index (χ2v) is 6.18. The number of hydrogen-bond donors (Lipinski definition) is 2. The van der Waals surface area contributed by atoms with E-state index in [1.54, 1.807) is 14.2 Å². The molecule has 1 aromatic rings. The first-order chi connectivity index (χ1) is 11.7. The smallest absolute Gasteiger partial charge is 0.191 e. The first-order valence-electron chi connectivity index (χ1n) is 8.52. The maximum Gasteiger partial charge on any atom is 0.191 e. The van der Waals surface area contributed by atoms with Crippen molar-refractivity contribution >= 4 is 41.5 Å². The van der Waals surface area contributed by atoms with Gasteiger partial charge in [0, 0.05) is 52.0 Å². The number of nitrogens with zero attached hydrogens (tertiary/aromatic N) is 2. The van der Waals surface area contributed by atoms with Crippen LogP contribution < -0.4 is 10.6 Å². The standard InChI is InChI=1S/C18H31ClN4O.HI/c1-20-18(22-12-14-23(2)13-7-15-24-3)21-11-6-9-16-8-4-5-10-17(16)19;/h4-5,8,10H,6-7,9,11-15H2,1-3H3,(H2,20,21,22);1H. The zero-order valence-corrected chi connectivity index (χ0v) is 18.6. The van der Waals surface area contributed by atoms with Crippen molar-refractivity contribution in [1.82, 2.24) is 15.5 Å². The average molecular weight is 483 g/mol. The maximum atomic E-state index is 6.17. The molecule has 0 aliphatic rings. The normalized spacial score (nSPS) is 11.3. The average Bonchev–Trinajstić information content (AvgIpc) is 2.58. The summed E-state index contributed by atoms with van der Waals surface area (Å²) in [7, 11) is 5.66. The van der Waals surface area contributed by atoms with Crippen LogP contribution in [0.5, 0.6) is 0 Å². The van der Waals surface area contributed by atoms with Crippen LogP contribution in [0, 0.1) is 0 Å². The number of hydrogen-bond acceptors (Lipinski definition) is 3. The number of ether oxygens (including phenoxy) is 1. The second kappa shape index (κ2) is 15.7. The molecule has 5 nitrogen and oxygen atoms in total. The zero-order chi connectivity index (χ0) is 17.6. The zero-order valence-electron chi connectivity index (χ0n) is 15.6. The van der Waals surface area contributed by atoms with Crippen LogP contribution in [0.3, 0.4) is 0 Å². The Morgan fingerprint density at radius 2 is 1.88 bits per heavy atom. The molecule has 0 atom stereocenters. The van der Waals surface area contributed by atoms with Crippen molar-refractivity contribution in [3.8, 4) is 0 Å². The number of halogens is 2. The van der Waals surface area contributed by atoms with Crippen molar-refractivity contribution in [2.24, 2.45) is 4.99 Å². The van der Waals surface area contributed by atoms with E-state index >= 15 is 0 Å². The summed E-state index contributed by atoms with van der Waals surface area (Å²) in [6.07, 6.45) is 3.04. The van der Waals surface area contributed by atoms with Crippen LogP contribution in [0.25, 0.3) is 0 Å². The van der Waals surface area contributed by atoms with Crippen LogP contribution in [0.4, 0.5) is 0 Å². The number of methoxy groups -OCH3 is 1. The maximum absolute atomic E-state index is 6.17. The SMILES string of the molecule is CN=C(NCCCc1ccccc1Cl)NCCN(C)CCCOC.I. The van der Waals surface area contributed by atoms with E-state index in [0.29, 0.717) is 0 Å². The molecule has 0 bridgehead atoms. The molecule has 144 valence electrons. The van der Waals surface area contributed by atoms with Crippen LogP contribution in [0.15, 0.2) is 29.3 Å². The molecule has 0 amide bonds. The Hall–Kier alpha value is -0.570. The summed E-state index contributed by atoms with van der Waals surface area (Å²) < 4.78 is 5.07. The molecule has 1 rings (SSSR count). The Morgan fingerprint density at radius 3 is 2.56 bits per heavy atom. The monoisotopic (exact) mass is 482 g/mol. The minimum absolute atomic E-state index is 0. The van der Waals surface area contributed by atoms with Gasteiger partial charge in [-0.1, -0.05) is 29.8 Å². The molecule has 0 saturated heterocycles. The van der Waals surface area contributed by atoms with Crippen molar-refractivity contribution in [3.63, 3.8) is 0 Å². The molecular formula is C18H32ClIN4O. The van der Waals surface area contributed by atoms with Gasteiger partial charge < -0.3 is 20.3 Å². The highest BCUT2D eigenvalue weighted by atomic mass is 127. The van der Waals surface area contributed by atoms with E-state index in [9.17, 15) is 0 Å². The van der Waals surface area contributed by atoms with E-state index in [-0.39, 0.29) is 24.0 Å². The fraction of sp³-hybridized carbons (Fsp3) is 0.611. The van der Waals surface area contributed by atoms with E-state index in [4.69, 9.17) is 16.3 Å². The van der Waals surface area contributed by atoms with Gasteiger partial charge in [-0.3, -0.25) is 4.99 Å². The predicted octanol–water partition coefficient (Wildman–Crippen LogP) is 3.02. The number of benzene rings is 1. The van der Waals surface area contributed by atoms with E-state index in [2.05, 4.69) is 33.6 Å². The largest absolute Gasteiger partial charge is 0.385 e. The molecule has 0 aliphatic carbocycles. The third-order valence-corrected chi connectivity index (χ3v) is 4.14. The van der Waals surface area contributed by atoms with Crippen LogP contribution in [-0.4, -0.2) is 64.9 Å². The van der Waals surface area contributed by atoms with Crippen LogP contribution in [0.2, 0.25) is 5.02 Å². The summed E-state index contributed by atoms with van der Waals surface area (Å²) in [5, 5.41) is 7.53. The number of aliphatic imine (C=N–C) groups is 1. The Kier molecular flexibility index (Phi) is 15.3. The van der Waals surface area contributed by atoms with Crippen LogP contribution in [0.1, 0.15) is 18.4 Å². The van der Waals surface area contributed by atoms with E-state index < -0.39 is 0 Å². The van der Waals surface area contributed by atoms with Crippen molar-refractivity contribution in [2.75, 3.05) is 54.0 Å². The highest BCUT2D eigenvalue weighted by Gasteiger charge is 2.02. The molecule has 0 spiro atoms. The number of likely N-dealkylation sites (N-methyl/N-ethyl adjacent to an activating group) is 1. The van der Waals surface area contributed by atoms with Crippen molar-refractivity contribution in [1.29, 1.82) is 0 Å². The summed E-state index contributed by atoms with van der Waals surface area (Å²) in [6.45, 7) is 4.57. The van der Waals surface area contributed by atoms with Crippen molar-refractivity contribution in [2.45, 2.75) is 19.3 Å². The molecule has 0 aliphatic heterocycles. The minimum atomic E-state index is 0. The third kappa shape index (κ3) is 11.6. The molecule has 1 aromatic carbocycles. The lowest BCUT2D eigenvalue weighted by Gasteiger charge is -2.18. The van der Waals surface area contributed by atoms with Gasteiger partial charge in [0.25, 0.3) is 0 Å². The molecule has 0 saturated carbocycles. The molecule has 0 unspecified atom stereocenters. The van der Waals surface area contributed by atoms with Crippen molar-refractivity contribution < 1.29 is 4.74 Å². The van der Waals surface area contributed by atoms with Crippen molar-refractivity contribution in [3.05, 3.63) is 34.9 Å². The molecule has 0 heterocycles. The summed E-state index contributed by atoms with van der Waals surface area (Å²) in [4.78, 5) is 6.54. The van der Waals surface area contributed by atoms with Crippen LogP contribution in [-0.2, 0) is 11.2 Å². The Labute approximate surface area is 174 Å². The molecular weight excluding hydrogens is 451 g/mol. The number of aryl methyl sites for hydroxylation is 1. The molecule has 2 N–H and O–H groups in total. The highest BCUT2D eigenvalue weighted by Crippen LogP contribution is 2.16. The topological polar surface area (TPSA) is 48.9 Å². The van der Waals surface area contributed by atoms with Crippen LogP contribution >= 0.6 is 35.6 Å². The highest BCUT2D eigenvalue weighted by molar-refractivity contribution is 14.0. The molecule has 25 heavy (non-hydrogen) atoms. The van der Waals surface area contributed by atoms with Gasteiger partial charge in [-0.15, -0.1) is 24.0 Å². The lowest BCUT2D eigenvalue weighted by molar-refractivity contribution is 0.180. The van der Waals surface area contributed by atoms with E-state index in [1.165, 1.54) is 5.56 Å². The predicted molar refractivity (Wildman–Crippen MR) is 119 cm³/mol. The Bertz CT molecular complexity index is 488. The van der Waals surface area contributed by atoms with E-state index in [1.807, 2.05) is 18.2 Å². The third-order valence-electron chi connectivity index (χ3n) is 3.77. The quantitative estimate of drug-likeness (QED) is 0.220. The van der Waals surface area contributed by atoms with Gasteiger partial charge in [-0.2, -0.15) is 0 Å². The van der Waals surface area contributed by atoms with Gasteiger partial charge in [-0.05, 0) is 37.9 Å². The van der Waals surface area contributed by atoms with Gasteiger partial charge in [0.1, 0.15) is 0 Å².